The lowest BCUT2D eigenvalue weighted by molar-refractivity contribution is 0.416. The van der Waals surface area contributed by atoms with Crippen molar-refractivity contribution in [1.82, 2.24) is 14.9 Å². The Balaban J connectivity index is 1.68. The fourth-order valence-electron chi connectivity index (χ4n) is 3.66. The zero-order chi connectivity index (χ0) is 22.1. The molecule has 0 saturated heterocycles. The van der Waals surface area contributed by atoms with Gasteiger partial charge in [-0.3, -0.25) is 0 Å². The van der Waals surface area contributed by atoms with Crippen LogP contribution in [0.15, 0.2) is 56.8 Å². The molecule has 160 valence electrons. The molecule has 0 atom stereocenters. The van der Waals surface area contributed by atoms with E-state index in [2.05, 4.69) is 30.1 Å². The third-order valence-electron chi connectivity index (χ3n) is 5.21. The van der Waals surface area contributed by atoms with Crippen molar-refractivity contribution in [1.29, 1.82) is 0 Å². The van der Waals surface area contributed by atoms with Gasteiger partial charge in [0, 0.05) is 17.2 Å². The standard InChI is InChI=1S/C23H24N4O3S/c1-13(2)17-11-18-15(10-21(28)30-20(18)9-14(17)3)12-31-23-26-25-22(27(23)24)16-7-5-6-8-19(16)29-4/h5-11,13H,12,24H2,1-4H3. The molecule has 0 aliphatic rings. The van der Waals surface area contributed by atoms with Crippen molar-refractivity contribution in [2.45, 2.75) is 37.6 Å². The minimum atomic E-state index is -0.372. The van der Waals surface area contributed by atoms with Crippen molar-refractivity contribution in [3.8, 4) is 17.1 Å². The van der Waals surface area contributed by atoms with E-state index in [0.717, 1.165) is 22.1 Å². The number of ether oxygens (including phenoxy) is 1. The molecule has 7 nitrogen and oxygen atoms in total. The monoisotopic (exact) mass is 436 g/mol. The predicted molar refractivity (Wildman–Crippen MR) is 123 cm³/mol. The molecular formula is C23H24N4O3S. The van der Waals surface area contributed by atoms with Crippen LogP contribution < -0.4 is 16.2 Å². The number of thioether (sulfide) groups is 1. The topological polar surface area (TPSA) is 96.2 Å². The molecule has 0 unspecified atom stereocenters. The van der Waals surface area contributed by atoms with Crippen LogP contribution in [0.1, 0.15) is 36.5 Å². The van der Waals surface area contributed by atoms with Gasteiger partial charge < -0.3 is 15.0 Å². The molecule has 0 radical (unpaired) electrons. The van der Waals surface area contributed by atoms with Crippen molar-refractivity contribution in [3.63, 3.8) is 0 Å². The maximum atomic E-state index is 12.1. The summed E-state index contributed by atoms with van der Waals surface area (Å²) in [5.74, 6) is 8.33. The van der Waals surface area contributed by atoms with E-state index < -0.39 is 0 Å². The van der Waals surface area contributed by atoms with Crippen LogP contribution in [-0.4, -0.2) is 22.0 Å². The second-order valence-electron chi connectivity index (χ2n) is 7.62. The minimum Gasteiger partial charge on any atom is -0.496 e. The fourth-order valence-corrected chi connectivity index (χ4v) is 4.51. The van der Waals surface area contributed by atoms with Gasteiger partial charge in [-0.1, -0.05) is 37.7 Å². The summed E-state index contributed by atoms with van der Waals surface area (Å²) in [6.45, 7) is 6.34. The molecule has 2 aromatic carbocycles. The molecule has 2 N–H and O–H groups in total. The molecular weight excluding hydrogens is 412 g/mol. The Kier molecular flexibility index (Phi) is 5.73. The third-order valence-corrected chi connectivity index (χ3v) is 6.20. The number of aromatic nitrogens is 3. The highest BCUT2D eigenvalue weighted by molar-refractivity contribution is 7.98. The van der Waals surface area contributed by atoms with Crippen LogP contribution in [0.3, 0.4) is 0 Å². The smallest absolute Gasteiger partial charge is 0.336 e. The molecule has 0 amide bonds. The second-order valence-corrected chi connectivity index (χ2v) is 8.56. The highest BCUT2D eigenvalue weighted by Crippen LogP contribution is 2.32. The summed E-state index contributed by atoms with van der Waals surface area (Å²) in [5, 5.41) is 9.95. The lowest BCUT2D eigenvalue weighted by Gasteiger charge is -2.13. The zero-order valence-corrected chi connectivity index (χ0v) is 18.7. The molecule has 0 bridgehead atoms. The largest absolute Gasteiger partial charge is 0.496 e. The lowest BCUT2D eigenvalue weighted by atomic mass is 9.95. The first-order chi connectivity index (χ1) is 14.9. The first kappa shape index (κ1) is 21.0. The number of nitrogens with zero attached hydrogens (tertiary/aromatic N) is 3. The van der Waals surface area contributed by atoms with E-state index in [0.29, 0.717) is 34.0 Å². The lowest BCUT2D eigenvalue weighted by Crippen LogP contribution is -2.12. The van der Waals surface area contributed by atoms with E-state index in [9.17, 15) is 4.79 Å². The predicted octanol–water partition coefficient (Wildman–Crippen LogP) is 4.50. The van der Waals surface area contributed by atoms with Gasteiger partial charge in [-0.25, -0.2) is 9.47 Å². The van der Waals surface area contributed by atoms with Gasteiger partial charge in [-0.2, -0.15) is 0 Å². The van der Waals surface area contributed by atoms with Crippen molar-refractivity contribution in [3.05, 3.63) is 69.6 Å². The molecule has 0 spiro atoms. The highest BCUT2D eigenvalue weighted by atomic mass is 32.2. The van der Waals surface area contributed by atoms with Gasteiger partial charge in [0.25, 0.3) is 0 Å². The normalized spacial score (nSPS) is 11.4. The minimum absolute atomic E-state index is 0.368. The van der Waals surface area contributed by atoms with E-state index >= 15 is 0 Å². The Morgan fingerprint density at radius 1 is 1.19 bits per heavy atom. The summed E-state index contributed by atoms with van der Waals surface area (Å²) < 4.78 is 12.3. The Bertz CT molecular complexity index is 1310. The van der Waals surface area contributed by atoms with Gasteiger partial charge in [0.1, 0.15) is 11.3 Å². The quantitative estimate of drug-likeness (QED) is 0.270. The summed E-state index contributed by atoms with van der Waals surface area (Å²) >= 11 is 1.41. The summed E-state index contributed by atoms with van der Waals surface area (Å²) in [5.41, 5.74) is 4.19. The van der Waals surface area contributed by atoms with Crippen LogP contribution in [0.4, 0.5) is 0 Å². The van der Waals surface area contributed by atoms with E-state index in [1.165, 1.54) is 28.1 Å². The molecule has 31 heavy (non-hydrogen) atoms. The van der Waals surface area contributed by atoms with Gasteiger partial charge in [0.2, 0.25) is 5.16 Å². The summed E-state index contributed by atoms with van der Waals surface area (Å²) in [4.78, 5) is 12.1. The SMILES string of the molecule is COc1ccccc1-c1nnc(SCc2cc(=O)oc3cc(C)c(C(C)C)cc23)n1N. The molecule has 0 fully saturated rings. The fraction of sp³-hybridized carbons (Fsp3) is 0.261. The number of hydrogen-bond acceptors (Lipinski definition) is 7. The number of hydrogen-bond donors (Lipinski definition) is 1. The number of para-hydroxylation sites is 1. The highest BCUT2D eigenvalue weighted by Gasteiger charge is 2.17. The first-order valence-corrected chi connectivity index (χ1v) is 10.9. The van der Waals surface area contributed by atoms with E-state index in [1.807, 2.05) is 37.3 Å². The Morgan fingerprint density at radius 2 is 1.97 bits per heavy atom. The van der Waals surface area contributed by atoms with Crippen molar-refractivity contribution in [2.75, 3.05) is 13.0 Å². The summed E-state index contributed by atoms with van der Waals surface area (Å²) in [6, 6.07) is 13.1. The van der Waals surface area contributed by atoms with Crippen LogP contribution in [0.25, 0.3) is 22.4 Å². The number of methoxy groups -OCH3 is 1. The average Bonchev–Trinajstić information content (AvgIpc) is 3.11. The zero-order valence-electron chi connectivity index (χ0n) is 17.9. The second kappa shape index (κ2) is 8.47. The molecule has 0 saturated carbocycles. The molecule has 0 aliphatic heterocycles. The van der Waals surface area contributed by atoms with Crippen LogP contribution in [0.2, 0.25) is 0 Å². The Hall–Kier alpha value is -3.26. The average molecular weight is 437 g/mol. The van der Waals surface area contributed by atoms with Crippen molar-refractivity contribution >= 4 is 22.7 Å². The van der Waals surface area contributed by atoms with Gasteiger partial charge in [-0.05, 0) is 53.8 Å². The number of rotatable bonds is 6. The van der Waals surface area contributed by atoms with E-state index in [1.54, 1.807) is 7.11 Å². The van der Waals surface area contributed by atoms with Crippen LogP contribution in [-0.2, 0) is 5.75 Å². The maximum absolute atomic E-state index is 12.1. The van der Waals surface area contributed by atoms with Gasteiger partial charge in [-0.15, -0.1) is 10.2 Å². The van der Waals surface area contributed by atoms with Crippen molar-refractivity contribution in [2.24, 2.45) is 0 Å². The molecule has 2 heterocycles. The van der Waals surface area contributed by atoms with Crippen molar-refractivity contribution < 1.29 is 9.15 Å². The Labute approximate surface area is 184 Å². The Morgan fingerprint density at radius 3 is 2.71 bits per heavy atom. The molecule has 0 aliphatic carbocycles. The van der Waals surface area contributed by atoms with Gasteiger partial charge in [0.15, 0.2) is 5.82 Å². The summed E-state index contributed by atoms with van der Waals surface area (Å²) in [7, 11) is 1.60. The maximum Gasteiger partial charge on any atom is 0.336 e. The molecule has 8 heteroatoms. The third kappa shape index (κ3) is 4.03. The van der Waals surface area contributed by atoms with Gasteiger partial charge >= 0.3 is 5.63 Å². The first-order valence-electron chi connectivity index (χ1n) is 9.93. The van der Waals surface area contributed by atoms with Gasteiger partial charge in [0.05, 0.1) is 12.7 Å². The van der Waals surface area contributed by atoms with Crippen LogP contribution in [0.5, 0.6) is 5.75 Å². The number of fused-ring (bicyclic) bond motifs is 1. The number of nitrogens with two attached hydrogens (primary N) is 1. The molecule has 4 rings (SSSR count). The molecule has 2 aromatic heterocycles. The van der Waals surface area contributed by atoms with E-state index in [-0.39, 0.29) is 5.63 Å². The van der Waals surface area contributed by atoms with E-state index in [4.69, 9.17) is 15.0 Å². The van der Waals surface area contributed by atoms with Crippen LogP contribution >= 0.6 is 11.8 Å². The molecule has 4 aromatic rings. The van der Waals surface area contributed by atoms with Crippen LogP contribution in [0, 0.1) is 6.92 Å². The number of nitrogen functional groups attached to an aromatic ring is 1. The summed E-state index contributed by atoms with van der Waals surface area (Å²) in [6.07, 6.45) is 0. The number of benzene rings is 2. The number of aryl methyl sites for hydroxylation is 1.